The molecule has 124 valence electrons. The average molecular weight is 377 g/mol. The van der Waals surface area contributed by atoms with Crippen molar-refractivity contribution in [1.82, 2.24) is 4.57 Å². The summed E-state index contributed by atoms with van der Waals surface area (Å²) in [6.07, 6.45) is 1.55. The number of ether oxygens (including phenoxy) is 1. The van der Waals surface area contributed by atoms with Crippen LogP contribution in [0.1, 0.15) is 5.56 Å². The third-order valence-corrected chi connectivity index (χ3v) is 5.32. The molecule has 2 rings (SSSR count). The van der Waals surface area contributed by atoms with Crippen molar-refractivity contribution in [3.63, 3.8) is 0 Å². The molecular weight excluding hydrogens is 363 g/mol. The molecule has 1 aromatic heterocycles. The highest BCUT2D eigenvalue weighted by Crippen LogP contribution is 2.34. The lowest BCUT2D eigenvalue weighted by Gasteiger charge is -2.13. The Labute approximate surface area is 143 Å². The van der Waals surface area contributed by atoms with E-state index in [1.165, 1.54) is 30.9 Å². The lowest BCUT2D eigenvalue weighted by molar-refractivity contribution is 0.414. The Kier molecular flexibility index (Phi) is 4.93. The second-order valence-corrected chi connectivity index (χ2v) is 7.28. The number of hydrogen-bond acceptors (Lipinski definition) is 4. The molecule has 0 saturated heterocycles. The summed E-state index contributed by atoms with van der Waals surface area (Å²) in [5.41, 5.74) is -0.0188. The molecule has 1 heterocycles. The zero-order valence-corrected chi connectivity index (χ0v) is 14.9. The SMILES string of the molecule is COc1cc(Cl)c(S(=O)(=O)Nc2c(C)ccn(C)c2=O)cc1Cl. The third-order valence-electron chi connectivity index (χ3n) is 3.21. The molecule has 0 amide bonds. The zero-order chi connectivity index (χ0) is 17.4. The number of aryl methyl sites for hydroxylation is 2. The Morgan fingerprint density at radius 3 is 2.48 bits per heavy atom. The Hall–Kier alpha value is -1.70. The van der Waals surface area contributed by atoms with Crippen LogP contribution in [0.5, 0.6) is 5.75 Å². The Bertz CT molecular complexity index is 923. The monoisotopic (exact) mass is 376 g/mol. The zero-order valence-electron chi connectivity index (χ0n) is 12.6. The van der Waals surface area contributed by atoms with Gasteiger partial charge in [-0.1, -0.05) is 23.2 Å². The van der Waals surface area contributed by atoms with E-state index >= 15 is 0 Å². The first-order valence-corrected chi connectivity index (χ1v) is 8.63. The number of benzene rings is 1. The first kappa shape index (κ1) is 17.7. The van der Waals surface area contributed by atoms with Gasteiger partial charge in [0.25, 0.3) is 15.6 Å². The predicted octanol–water partition coefficient (Wildman–Crippen LogP) is 2.81. The molecule has 6 nitrogen and oxygen atoms in total. The van der Waals surface area contributed by atoms with Gasteiger partial charge in [-0.3, -0.25) is 9.52 Å². The summed E-state index contributed by atoms with van der Waals surface area (Å²) < 4.78 is 33.6. The van der Waals surface area contributed by atoms with Crippen LogP contribution in [-0.2, 0) is 17.1 Å². The fourth-order valence-electron chi connectivity index (χ4n) is 1.91. The molecule has 0 fully saturated rings. The molecule has 23 heavy (non-hydrogen) atoms. The van der Waals surface area contributed by atoms with Crippen molar-refractivity contribution in [3.8, 4) is 5.75 Å². The van der Waals surface area contributed by atoms with Gasteiger partial charge in [0, 0.05) is 19.3 Å². The summed E-state index contributed by atoms with van der Waals surface area (Å²) >= 11 is 12.0. The number of methoxy groups -OCH3 is 1. The molecule has 9 heteroatoms. The van der Waals surface area contributed by atoms with Crippen LogP contribution in [0.4, 0.5) is 5.69 Å². The minimum absolute atomic E-state index is 0.0435. The van der Waals surface area contributed by atoms with Crippen molar-refractivity contribution in [1.29, 1.82) is 0 Å². The van der Waals surface area contributed by atoms with Gasteiger partial charge in [-0.2, -0.15) is 0 Å². The lowest BCUT2D eigenvalue weighted by Crippen LogP contribution is -2.25. The van der Waals surface area contributed by atoms with Crippen LogP contribution in [0.25, 0.3) is 0 Å². The minimum Gasteiger partial charge on any atom is -0.495 e. The maximum absolute atomic E-state index is 12.5. The van der Waals surface area contributed by atoms with Crippen LogP contribution in [0, 0.1) is 6.92 Å². The first-order chi connectivity index (χ1) is 10.7. The number of aromatic nitrogens is 1. The van der Waals surface area contributed by atoms with E-state index in [1.807, 2.05) is 0 Å². The molecule has 0 aliphatic rings. The smallest absolute Gasteiger partial charge is 0.274 e. The maximum atomic E-state index is 12.5. The molecule has 0 spiro atoms. The van der Waals surface area contributed by atoms with Crippen LogP contribution in [0.2, 0.25) is 10.0 Å². The van der Waals surface area contributed by atoms with Crippen molar-refractivity contribution in [3.05, 3.63) is 50.4 Å². The van der Waals surface area contributed by atoms with Crippen molar-refractivity contribution < 1.29 is 13.2 Å². The van der Waals surface area contributed by atoms with Gasteiger partial charge >= 0.3 is 0 Å². The highest BCUT2D eigenvalue weighted by Gasteiger charge is 2.22. The molecule has 1 aromatic carbocycles. The molecule has 0 unspecified atom stereocenters. The number of nitrogens with zero attached hydrogens (tertiary/aromatic N) is 1. The number of halogens is 2. The summed E-state index contributed by atoms with van der Waals surface area (Å²) in [4.78, 5) is 11.9. The summed E-state index contributed by atoms with van der Waals surface area (Å²) in [5, 5.41) is 0.0270. The van der Waals surface area contributed by atoms with E-state index in [4.69, 9.17) is 27.9 Å². The molecule has 0 bridgehead atoms. The van der Waals surface area contributed by atoms with Gasteiger partial charge in [-0.05, 0) is 24.6 Å². The molecule has 2 aromatic rings. The molecule has 0 saturated carbocycles. The fourth-order valence-corrected chi connectivity index (χ4v) is 3.89. The van der Waals surface area contributed by atoms with E-state index in [1.54, 1.807) is 19.2 Å². The summed E-state index contributed by atoms with van der Waals surface area (Å²) in [7, 11) is -1.17. The van der Waals surface area contributed by atoms with Crippen LogP contribution < -0.4 is 15.0 Å². The van der Waals surface area contributed by atoms with Crippen molar-refractivity contribution in [2.45, 2.75) is 11.8 Å². The van der Waals surface area contributed by atoms with Gasteiger partial charge in [0.2, 0.25) is 0 Å². The predicted molar refractivity (Wildman–Crippen MR) is 90.2 cm³/mol. The summed E-state index contributed by atoms with van der Waals surface area (Å²) in [5.74, 6) is 0.252. The topological polar surface area (TPSA) is 77.4 Å². The number of rotatable bonds is 4. The van der Waals surface area contributed by atoms with Crippen molar-refractivity contribution in [2.24, 2.45) is 7.05 Å². The van der Waals surface area contributed by atoms with Gasteiger partial charge in [-0.25, -0.2) is 8.42 Å². The Morgan fingerprint density at radius 2 is 1.87 bits per heavy atom. The number of sulfonamides is 1. The molecule has 0 atom stereocenters. The van der Waals surface area contributed by atoms with E-state index in [0.29, 0.717) is 5.56 Å². The van der Waals surface area contributed by atoms with Gasteiger partial charge < -0.3 is 9.30 Å². The maximum Gasteiger partial charge on any atom is 0.274 e. The molecule has 0 aliphatic carbocycles. The minimum atomic E-state index is -4.09. The van der Waals surface area contributed by atoms with E-state index < -0.39 is 15.6 Å². The van der Waals surface area contributed by atoms with Crippen LogP contribution >= 0.6 is 23.2 Å². The van der Waals surface area contributed by atoms with Gasteiger partial charge in [-0.15, -0.1) is 0 Å². The number of nitrogens with one attached hydrogen (secondary N) is 1. The highest BCUT2D eigenvalue weighted by molar-refractivity contribution is 7.92. The summed E-state index contributed by atoms with van der Waals surface area (Å²) in [6.45, 7) is 1.63. The molecule has 1 N–H and O–H groups in total. The Morgan fingerprint density at radius 1 is 1.22 bits per heavy atom. The average Bonchev–Trinajstić information content (AvgIpc) is 2.49. The summed E-state index contributed by atoms with van der Waals surface area (Å²) in [6, 6.07) is 4.10. The second-order valence-electron chi connectivity index (χ2n) is 4.81. The van der Waals surface area contributed by atoms with E-state index in [0.717, 1.165) is 0 Å². The third kappa shape index (κ3) is 3.46. The standard InChI is InChI=1S/C14H14Cl2N2O4S/c1-8-4-5-18(2)14(19)13(8)17-23(20,21)12-7-9(15)11(22-3)6-10(12)16/h4-7,17H,1-3H3. The van der Waals surface area contributed by atoms with E-state index in [2.05, 4.69) is 4.72 Å². The molecule has 0 aliphatic heterocycles. The van der Waals surface area contributed by atoms with Crippen molar-refractivity contribution in [2.75, 3.05) is 11.8 Å². The molecule has 0 radical (unpaired) electrons. The van der Waals surface area contributed by atoms with Crippen LogP contribution in [0.15, 0.2) is 34.1 Å². The normalized spacial score (nSPS) is 11.3. The lowest BCUT2D eigenvalue weighted by atomic mass is 10.2. The van der Waals surface area contributed by atoms with Crippen molar-refractivity contribution >= 4 is 38.9 Å². The second kappa shape index (κ2) is 6.43. The largest absolute Gasteiger partial charge is 0.495 e. The van der Waals surface area contributed by atoms with Gasteiger partial charge in [0.15, 0.2) is 0 Å². The van der Waals surface area contributed by atoms with E-state index in [-0.39, 0.29) is 26.4 Å². The van der Waals surface area contributed by atoms with Crippen LogP contribution in [-0.4, -0.2) is 20.1 Å². The number of pyridine rings is 1. The first-order valence-electron chi connectivity index (χ1n) is 6.39. The van der Waals surface area contributed by atoms with E-state index in [9.17, 15) is 13.2 Å². The number of anilines is 1. The quantitative estimate of drug-likeness (QED) is 0.889. The highest BCUT2D eigenvalue weighted by atomic mass is 35.5. The Balaban J connectivity index is 2.55. The fraction of sp³-hybridized carbons (Fsp3) is 0.214. The van der Waals surface area contributed by atoms with Gasteiger partial charge in [0.05, 0.1) is 17.2 Å². The van der Waals surface area contributed by atoms with Gasteiger partial charge in [0.1, 0.15) is 16.3 Å². The molecular formula is C14H14Cl2N2O4S. The van der Waals surface area contributed by atoms with Crippen LogP contribution in [0.3, 0.4) is 0 Å². The number of hydrogen-bond donors (Lipinski definition) is 1.